The van der Waals surface area contributed by atoms with Gasteiger partial charge in [-0.25, -0.2) is 4.79 Å². The third kappa shape index (κ3) is 4.31. The lowest BCUT2D eigenvalue weighted by Crippen LogP contribution is -2.30. The van der Waals surface area contributed by atoms with Crippen molar-refractivity contribution in [1.29, 1.82) is 5.26 Å². The van der Waals surface area contributed by atoms with Crippen LogP contribution in [-0.2, 0) is 9.53 Å². The Morgan fingerprint density at radius 3 is 2.48 bits per heavy atom. The van der Waals surface area contributed by atoms with Gasteiger partial charge in [-0.3, -0.25) is 4.79 Å². The molecule has 1 amide bonds. The van der Waals surface area contributed by atoms with Gasteiger partial charge in [0.15, 0.2) is 6.10 Å². The molecule has 2 aromatic rings. The maximum absolute atomic E-state index is 12.1. The number of nitrogens with one attached hydrogen (secondary N) is 1. The standard InChI is InChI=1S/C17H13ClN2O3/c1-11(23-17(22)12-6-8-14(18)9-7-12)16(21)20-15-5-3-2-4-13(15)10-19/h2-9,11H,1H3,(H,20,21)/t11-/m0/s1. The van der Waals surface area contributed by atoms with Crippen molar-refractivity contribution in [3.8, 4) is 6.07 Å². The highest BCUT2D eigenvalue weighted by Gasteiger charge is 2.19. The van der Waals surface area contributed by atoms with Gasteiger partial charge in [-0.2, -0.15) is 5.26 Å². The number of halogens is 1. The number of benzene rings is 2. The summed E-state index contributed by atoms with van der Waals surface area (Å²) in [4.78, 5) is 24.0. The number of amides is 1. The van der Waals surface area contributed by atoms with Gasteiger partial charge in [-0.1, -0.05) is 23.7 Å². The third-order valence-corrected chi connectivity index (χ3v) is 3.29. The van der Waals surface area contributed by atoms with E-state index in [1.54, 1.807) is 36.4 Å². The maximum atomic E-state index is 12.1. The van der Waals surface area contributed by atoms with Gasteiger partial charge in [0.05, 0.1) is 16.8 Å². The average Bonchev–Trinajstić information content (AvgIpc) is 2.55. The number of esters is 1. The summed E-state index contributed by atoms with van der Waals surface area (Å²) in [6.07, 6.45) is -1.01. The monoisotopic (exact) mass is 328 g/mol. The molecular weight excluding hydrogens is 316 g/mol. The van der Waals surface area contributed by atoms with Crippen LogP contribution in [0.3, 0.4) is 0 Å². The molecule has 0 fully saturated rings. The average molecular weight is 329 g/mol. The largest absolute Gasteiger partial charge is 0.449 e. The van der Waals surface area contributed by atoms with Crippen LogP contribution in [0.15, 0.2) is 48.5 Å². The molecule has 1 atom stereocenters. The zero-order valence-corrected chi connectivity index (χ0v) is 13.0. The predicted molar refractivity (Wildman–Crippen MR) is 86.1 cm³/mol. The molecule has 0 saturated heterocycles. The zero-order valence-electron chi connectivity index (χ0n) is 12.2. The summed E-state index contributed by atoms with van der Waals surface area (Å²) in [6.45, 7) is 1.46. The van der Waals surface area contributed by atoms with Gasteiger partial charge in [-0.05, 0) is 43.3 Å². The fraction of sp³-hybridized carbons (Fsp3) is 0.118. The fourth-order valence-electron chi connectivity index (χ4n) is 1.79. The molecular formula is C17H13ClN2O3. The van der Waals surface area contributed by atoms with E-state index in [1.807, 2.05) is 6.07 Å². The molecule has 0 bridgehead atoms. The zero-order chi connectivity index (χ0) is 16.8. The van der Waals surface area contributed by atoms with E-state index in [9.17, 15) is 9.59 Å². The topological polar surface area (TPSA) is 79.2 Å². The molecule has 5 nitrogen and oxygen atoms in total. The first-order valence-corrected chi connectivity index (χ1v) is 7.15. The SMILES string of the molecule is C[C@H](OC(=O)c1ccc(Cl)cc1)C(=O)Nc1ccccc1C#N. The number of anilines is 1. The second-order valence-corrected chi connectivity index (χ2v) is 5.14. The summed E-state index contributed by atoms with van der Waals surface area (Å²) in [5, 5.41) is 12.1. The van der Waals surface area contributed by atoms with Crippen LogP contribution >= 0.6 is 11.6 Å². The van der Waals surface area contributed by atoms with Crippen LogP contribution in [0.4, 0.5) is 5.69 Å². The van der Waals surface area contributed by atoms with Crippen molar-refractivity contribution in [3.63, 3.8) is 0 Å². The van der Waals surface area contributed by atoms with Crippen LogP contribution in [0, 0.1) is 11.3 Å². The predicted octanol–water partition coefficient (Wildman–Crippen LogP) is 3.40. The van der Waals surface area contributed by atoms with Crippen molar-refractivity contribution < 1.29 is 14.3 Å². The van der Waals surface area contributed by atoms with Gasteiger partial charge < -0.3 is 10.1 Å². The van der Waals surface area contributed by atoms with E-state index in [0.29, 0.717) is 21.8 Å². The Morgan fingerprint density at radius 1 is 1.17 bits per heavy atom. The van der Waals surface area contributed by atoms with Crippen molar-refractivity contribution in [1.82, 2.24) is 0 Å². The van der Waals surface area contributed by atoms with Gasteiger partial charge in [0.1, 0.15) is 6.07 Å². The van der Waals surface area contributed by atoms with E-state index in [2.05, 4.69) is 5.32 Å². The molecule has 0 aliphatic rings. The second-order valence-electron chi connectivity index (χ2n) is 4.70. The lowest BCUT2D eigenvalue weighted by Gasteiger charge is -2.14. The van der Waals surface area contributed by atoms with E-state index >= 15 is 0 Å². The van der Waals surface area contributed by atoms with E-state index in [-0.39, 0.29) is 0 Å². The van der Waals surface area contributed by atoms with E-state index in [4.69, 9.17) is 21.6 Å². The third-order valence-electron chi connectivity index (χ3n) is 3.04. The van der Waals surface area contributed by atoms with Crippen LogP contribution in [0.25, 0.3) is 0 Å². The van der Waals surface area contributed by atoms with Crippen LogP contribution in [0.5, 0.6) is 0 Å². The molecule has 0 aromatic heterocycles. The maximum Gasteiger partial charge on any atom is 0.338 e. The molecule has 2 aromatic carbocycles. The van der Waals surface area contributed by atoms with Crippen LogP contribution in [0.1, 0.15) is 22.8 Å². The highest BCUT2D eigenvalue weighted by atomic mass is 35.5. The first kappa shape index (κ1) is 16.5. The normalized spacial score (nSPS) is 11.2. The van der Waals surface area contributed by atoms with Crippen LogP contribution in [-0.4, -0.2) is 18.0 Å². The van der Waals surface area contributed by atoms with Crippen molar-refractivity contribution in [2.45, 2.75) is 13.0 Å². The van der Waals surface area contributed by atoms with Gasteiger partial charge in [0.2, 0.25) is 0 Å². The van der Waals surface area contributed by atoms with Crippen molar-refractivity contribution in [3.05, 3.63) is 64.7 Å². The van der Waals surface area contributed by atoms with Crippen molar-refractivity contribution in [2.75, 3.05) is 5.32 Å². The number of hydrogen-bond acceptors (Lipinski definition) is 4. The molecule has 0 aliphatic heterocycles. The molecule has 0 aliphatic carbocycles. The Labute approximate surface area is 138 Å². The van der Waals surface area contributed by atoms with Gasteiger partial charge in [0.25, 0.3) is 5.91 Å². The minimum atomic E-state index is -1.01. The Kier molecular flexibility index (Phi) is 5.34. The number of carbonyl (C=O) groups is 2. The number of nitrogens with zero attached hydrogens (tertiary/aromatic N) is 1. The summed E-state index contributed by atoms with van der Waals surface area (Å²) in [7, 11) is 0. The lowest BCUT2D eigenvalue weighted by molar-refractivity contribution is -0.123. The molecule has 0 radical (unpaired) electrons. The number of carbonyl (C=O) groups excluding carboxylic acids is 2. The van der Waals surface area contributed by atoms with E-state index in [0.717, 1.165) is 0 Å². The van der Waals surface area contributed by atoms with Gasteiger partial charge in [-0.15, -0.1) is 0 Å². The first-order chi connectivity index (χ1) is 11.0. The summed E-state index contributed by atoms with van der Waals surface area (Å²) in [6, 6.07) is 14.7. The highest BCUT2D eigenvalue weighted by Crippen LogP contribution is 2.15. The quantitative estimate of drug-likeness (QED) is 0.872. The summed E-state index contributed by atoms with van der Waals surface area (Å²) in [5.74, 6) is -1.15. The minimum absolute atomic E-state index is 0.298. The Hall–Kier alpha value is -2.84. The number of nitriles is 1. The molecule has 6 heteroatoms. The molecule has 116 valence electrons. The molecule has 0 unspecified atom stereocenters. The molecule has 23 heavy (non-hydrogen) atoms. The molecule has 0 spiro atoms. The highest BCUT2D eigenvalue weighted by molar-refractivity contribution is 6.30. The number of hydrogen-bond donors (Lipinski definition) is 1. The van der Waals surface area contributed by atoms with Gasteiger partial charge in [0, 0.05) is 5.02 Å². The Bertz CT molecular complexity index is 766. The summed E-state index contributed by atoms with van der Waals surface area (Å²) >= 11 is 5.75. The number of ether oxygens (including phenoxy) is 1. The Balaban J connectivity index is 2.01. The lowest BCUT2D eigenvalue weighted by atomic mass is 10.2. The summed E-state index contributed by atoms with van der Waals surface area (Å²) < 4.78 is 5.11. The fourth-order valence-corrected chi connectivity index (χ4v) is 1.92. The second kappa shape index (κ2) is 7.43. The van der Waals surface area contributed by atoms with Crippen molar-refractivity contribution >= 4 is 29.2 Å². The van der Waals surface area contributed by atoms with Gasteiger partial charge >= 0.3 is 5.97 Å². The van der Waals surface area contributed by atoms with Crippen LogP contribution in [0.2, 0.25) is 5.02 Å². The molecule has 0 saturated carbocycles. The van der Waals surface area contributed by atoms with Crippen molar-refractivity contribution in [2.24, 2.45) is 0 Å². The smallest absolute Gasteiger partial charge is 0.338 e. The van der Waals surface area contributed by atoms with E-state index in [1.165, 1.54) is 19.1 Å². The number of para-hydroxylation sites is 1. The van der Waals surface area contributed by atoms with Crippen LogP contribution < -0.4 is 5.32 Å². The first-order valence-electron chi connectivity index (χ1n) is 6.78. The Morgan fingerprint density at radius 2 is 1.83 bits per heavy atom. The molecule has 2 rings (SSSR count). The minimum Gasteiger partial charge on any atom is -0.449 e. The summed E-state index contributed by atoms with van der Waals surface area (Å²) in [5.41, 5.74) is 0.998. The van der Waals surface area contributed by atoms with E-state index < -0.39 is 18.0 Å². The number of rotatable bonds is 4. The molecule has 0 heterocycles. The molecule has 1 N–H and O–H groups in total.